The van der Waals surface area contributed by atoms with Crippen LogP contribution in [0.4, 0.5) is 16.4 Å². The van der Waals surface area contributed by atoms with Crippen LogP contribution in [0.5, 0.6) is 0 Å². The van der Waals surface area contributed by atoms with Crippen molar-refractivity contribution >= 4 is 17.7 Å². The van der Waals surface area contributed by atoms with Crippen molar-refractivity contribution in [3.63, 3.8) is 0 Å². The first-order chi connectivity index (χ1) is 13.9. The molecule has 0 atom stereocenters. The molecule has 8 nitrogen and oxygen atoms in total. The summed E-state index contributed by atoms with van der Waals surface area (Å²) < 4.78 is 12.7. The van der Waals surface area contributed by atoms with Crippen molar-refractivity contribution in [2.45, 2.75) is 66.0 Å². The topological polar surface area (TPSA) is 90.3 Å². The maximum Gasteiger partial charge on any atom is 0.407 e. The van der Waals surface area contributed by atoms with Gasteiger partial charge in [0, 0.05) is 24.7 Å². The van der Waals surface area contributed by atoms with Gasteiger partial charge in [0.1, 0.15) is 17.2 Å². The van der Waals surface area contributed by atoms with Crippen molar-refractivity contribution in [3.8, 4) is 0 Å². The largest absolute Gasteiger partial charge is 0.444 e. The second-order valence-electron chi connectivity index (χ2n) is 9.18. The van der Waals surface area contributed by atoms with Gasteiger partial charge in [0.15, 0.2) is 0 Å². The Balaban J connectivity index is 1.80. The second kappa shape index (κ2) is 9.93. The molecule has 0 radical (unpaired) electrons. The van der Waals surface area contributed by atoms with Crippen molar-refractivity contribution in [2.75, 3.05) is 25.1 Å². The summed E-state index contributed by atoms with van der Waals surface area (Å²) in [6.07, 6.45) is 0.246. The summed E-state index contributed by atoms with van der Waals surface area (Å²) in [5.74, 6) is 1.68. The van der Waals surface area contributed by atoms with Gasteiger partial charge in [-0.3, -0.25) is 0 Å². The molecule has 0 fully saturated rings. The number of anilines is 2. The number of nitrogens with zero attached hydrogens (tertiary/aromatic N) is 3. The minimum absolute atomic E-state index is 0.130. The van der Waals surface area contributed by atoms with E-state index in [1.807, 2.05) is 56.6 Å². The Labute approximate surface area is 179 Å². The molecule has 0 aliphatic heterocycles. The Morgan fingerprint density at radius 2 is 1.87 bits per heavy atom. The lowest BCUT2D eigenvalue weighted by Gasteiger charge is -2.22. The highest BCUT2D eigenvalue weighted by Gasteiger charge is 2.19. The highest BCUT2D eigenvalue weighted by molar-refractivity contribution is 5.67. The van der Waals surface area contributed by atoms with Crippen LogP contribution in [0.2, 0.25) is 0 Å². The summed E-state index contributed by atoms with van der Waals surface area (Å²) in [6, 6.07) is 7.89. The van der Waals surface area contributed by atoms with Crippen LogP contribution in [0.15, 0.2) is 24.3 Å². The Kier molecular flexibility index (Phi) is 7.83. The quantitative estimate of drug-likeness (QED) is 0.627. The average Bonchev–Trinajstić information content (AvgIpc) is 2.97. The van der Waals surface area contributed by atoms with Gasteiger partial charge in [0.2, 0.25) is 0 Å². The number of pyridine rings is 1. The molecule has 2 rings (SSSR count). The van der Waals surface area contributed by atoms with Gasteiger partial charge in [-0.1, -0.05) is 6.07 Å². The molecule has 2 N–H and O–H groups in total. The first-order valence-corrected chi connectivity index (χ1v) is 10.3. The Morgan fingerprint density at radius 3 is 2.53 bits per heavy atom. The van der Waals surface area contributed by atoms with E-state index in [-0.39, 0.29) is 5.54 Å². The fourth-order valence-corrected chi connectivity index (χ4v) is 2.74. The molecular formula is C22H35N5O3. The van der Waals surface area contributed by atoms with Crippen molar-refractivity contribution in [2.24, 2.45) is 0 Å². The molecule has 2 aromatic rings. The molecule has 0 bridgehead atoms. The number of aromatic nitrogens is 3. The van der Waals surface area contributed by atoms with E-state index >= 15 is 0 Å². The predicted octanol–water partition coefficient (Wildman–Crippen LogP) is 4.17. The summed E-state index contributed by atoms with van der Waals surface area (Å²) in [5, 5.41) is 10.6. The molecule has 0 aliphatic rings. The number of hydrogen-bond donors (Lipinski definition) is 2. The molecular weight excluding hydrogens is 382 g/mol. The molecule has 0 saturated heterocycles. The zero-order valence-electron chi connectivity index (χ0n) is 19.2. The average molecular weight is 418 g/mol. The standard InChI is InChI=1S/C22H35N5O3/c1-16-15-19(27(26-16)21(2,3)4)25-18-10-8-9-17(24-18)11-13-29-14-12-23-20(28)30-22(5,6)7/h8-10,15H,11-14H2,1-7H3,(H,23,28)(H,24,25). The van der Waals surface area contributed by atoms with Crippen LogP contribution in [0, 0.1) is 6.92 Å². The van der Waals surface area contributed by atoms with E-state index in [1.165, 1.54) is 0 Å². The van der Waals surface area contributed by atoms with E-state index < -0.39 is 11.7 Å². The highest BCUT2D eigenvalue weighted by Crippen LogP contribution is 2.23. The van der Waals surface area contributed by atoms with Crippen LogP contribution >= 0.6 is 0 Å². The lowest BCUT2D eigenvalue weighted by molar-refractivity contribution is 0.0500. The maximum atomic E-state index is 11.6. The molecule has 166 valence electrons. The Bertz CT molecular complexity index is 834. The SMILES string of the molecule is Cc1cc(Nc2cccc(CCOCCNC(=O)OC(C)(C)C)n2)n(C(C)(C)C)n1. The van der Waals surface area contributed by atoms with Gasteiger partial charge < -0.3 is 20.1 Å². The number of carbonyl (C=O) groups excluding carboxylic acids is 1. The van der Waals surface area contributed by atoms with Gasteiger partial charge in [0.05, 0.1) is 24.4 Å². The second-order valence-corrected chi connectivity index (χ2v) is 9.18. The van der Waals surface area contributed by atoms with Gasteiger partial charge in [-0.15, -0.1) is 0 Å². The molecule has 30 heavy (non-hydrogen) atoms. The number of ether oxygens (including phenoxy) is 2. The van der Waals surface area contributed by atoms with Gasteiger partial charge in [-0.2, -0.15) is 5.10 Å². The van der Waals surface area contributed by atoms with Crippen LogP contribution in [-0.2, 0) is 21.4 Å². The molecule has 8 heteroatoms. The number of aryl methyl sites for hydroxylation is 1. The number of hydrogen-bond acceptors (Lipinski definition) is 6. The molecule has 0 spiro atoms. The molecule has 2 aromatic heterocycles. The summed E-state index contributed by atoms with van der Waals surface area (Å²) in [4.78, 5) is 16.2. The molecule has 0 unspecified atom stereocenters. The predicted molar refractivity (Wildman–Crippen MR) is 118 cm³/mol. The third kappa shape index (κ3) is 8.02. The van der Waals surface area contributed by atoms with E-state index in [1.54, 1.807) is 0 Å². The van der Waals surface area contributed by atoms with Gasteiger partial charge in [-0.25, -0.2) is 14.5 Å². The molecule has 0 aromatic carbocycles. The van der Waals surface area contributed by atoms with Crippen LogP contribution in [-0.4, -0.2) is 46.2 Å². The molecule has 0 aliphatic carbocycles. The number of nitrogens with one attached hydrogen (secondary N) is 2. The number of rotatable bonds is 8. The summed E-state index contributed by atoms with van der Waals surface area (Å²) >= 11 is 0. The van der Waals surface area contributed by atoms with E-state index in [0.29, 0.717) is 26.2 Å². The third-order valence-corrected chi connectivity index (χ3v) is 3.95. The first kappa shape index (κ1) is 23.7. The molecule has 2 heterocycles. The smallest absolute Gasteiger partial charge is 0.407 e. The van der Waals surface area contributed by atoms with Gasteiger partial charge in [0.25, 0.3) is 0 Å². The van der Waals surface area contributed by atoms with E-state index in [2.05, 4.69) is 41.5 Å². The number of alkyl carbamates (subject to hydrolysis) is 1. The van der Waals surface area contributed by atoms with Crippen LogP contribution in [0.3, 0.4) is 0 Å². The lowest BCUT2D eigenvalue weighted by atomic mass is 10.1. The monoisotopic (exact) mass is 417 g/mol. The van der Waals surface area contributed by atoms with Crippen molar-refractivity contribution in [1.29, 1.82) is 0 Å². The van der Waals surface area contributed by atoms with Crippen molar-refractivity contribution < 1.29 is 14.3 Å². The van der Waals surface area contributed by atoms with E-state index in [9.17, 15) is 4.79 Å². The molecule has 0 saturated carbocycles. The Morgan fingerprint density at radius 1 is 1.13 bits per heavy atom. The van der Waals surface area contributed by atoms with Crippen LogP contribution < -0.4 is 10.6 Å². The first-order valence-electron chi connectivity index (χ1n) is 10.3. The fraction of sp³-hybridized carbons (Fsp3) is 0.591. The lowest BCUT2D eigenvalue weighted by Crippen LogP contribution is -2.34. The minimum Gasteiger partial charge on any atom is -0.444 e. The summed E-state index contributed by atoms with van der Waals surface area (Å²) in [6.45, 7) is 15.2. The zero-order valence-corrected chi connectivity index (χ0v) is 19.2. The summed E-state index contributed by atoms with van der Waals surface area (Å²) in [5.41, 5.74) is 1.25. The van der Waals surface area contributed by atoms with Gasteiger partial charge in [-0.05, 0) is 60.6 Å². The van der Waals surface area contributed by atoms with E-state index in [0.717, 1.165) is 23.0 Å². The highest BCUT2D eigenvalue weighted by atomic mass is 16.6. The normalized spacial score (nSPS) is 12.0. The minimum atomic E-state index is -0.501. The zero-order chi connectivity index (χ0) is 22.4. The number of carbonyl (C=O) groups is 1. The van der Waals surface area contributed by atoms with Crippen molar-refractivity contribution in [1.82, 2.24) is 20.1 Å². The van der Waals surface area contributed by atoms with Crippen LogP contribution in [0.1, 0.15) is 52.9 Å². The summed E-state index contributed by atoms with van der Waals surface area (Å²) in [7, 11) is 0. The fourth-order valence-electron chi connectivity index (χ4n) is 2.74. The number of amides is 1. The maximum absolute atomic E-state index is 11.6. The van der Waals surface area contributed by atoms with E-state index in [4.69, 9.17) is 9.47 Å². The molecule has 1 amide bonds. The van der Waals surface area contributed by atoms with Crippen molar-refractivity contribution in [3.05, 3.63) is 35.7 Å². The third-order valence-electron chi connectivity index (χ3n) is 3.95. The Hall–Kier alpha value is -2.61. The van der Waals surface area contributed by atoms with Crippen LogP contribution in [0.25, 0.3) is 0 Å². The van der Waals surface area contributed by atoms with Gasteiger partial charge >= 0.3 is 6.09 Å².